The van der Waals surface area contributed by atoms with Crippen molar-refractivity contribution >= 4 is 32.7 Å². The number of nitrogen functional groups attached to an aromatic ring is 1. The number of hydrogen-bond acceptors (Lipinski definition) is 3. The number of anilines is 1. The number of hydrogen-bond donors (Lipinski definition) is 2. The molecule has 0 bridgehead atoms. The molecule has 0 amide bonds. The second-order valence-electron chi connectivity index (χ2n) is 4.54. The summed E-state index contributed by atoms with van der Waals surface area (Å²) in [4.78, 5) is 4.57. The van der Waals surface area contributed by atoms with E-state index in [1.165, 1.54) is 5.56 Å². The number of pyridine rings is 1. The Hall–Kier alpha value is -1.13. The minimum atomic E-state index is 0.386. The second-order valence-corrected chi connectivity index (χ2v) is 5.40. The fourth-order valence-electron chi connectivity index (χ4n) is 1.96. The topological polar surface area (TPSA) is 50.9 Å². The summed E-state index contributed by atoms with van der Waals surface area (Å²) >= 11 is 3.54. The first-order valence-electron chi connectivity index (χ1n) is 5.60. The van der Waals surface area contributed by atoms with Crippen LogP contribution in [0, 0.1) is 6.92 Å². The van der Waals surface area contributed by atoms with Crippen molar-refractivity contribution in [3.63, 3.8) is 0 Å². The highest BCUT2D eigenvalue weighted by molar-refractivity contribution is 9.10. The van der Waals surface area contributed by atoms with Gasteiger partial charge >= 0.3 is 0 Å². The van der Waals surface area contributed by atoms with Crippen molar-refractivity contribution in [2.45, 2.75) is 26.7 Å². The van der Waals surface area contributed by atoms with Gasteiger partial charge in [-0.05, 0) is 58.1 Å². The van der Waals surface area contributed by atoms with Gasteiger partial charge in [-0.15, -0.1) is 0 Å². The molecule has 1 aromatic carbocycles. The van der Waals surface area contributed by atoms with Crippen LogP contribution in [0.5, 0.6) is 0 Å². The maximum Gasteiger partial charge on any atom is 0.144 e. The molecule has 0 saturated carbocycles. The number of aromatic nitrogens is 1. The maximum absolute atomic E-state index is 5.53. The largest absolute Gasteiger partial charge is 0.308 e. The van der Waals surface area contributed by atoms with E-state index in [2.05, 4.69) is 65.3 Å². The maximum atomic E-state index is 5.53. The fourth-order valence-corrected chi connectivity index (χ4v) is 2.64. The minimum Gasteiger partial charge on any atom is -0.308 e. The molecule has 90 valence electrons. The summed E-state index contributed by atoms with van der Waals surface area (Å²) in [5.41, 5.74) is 5.97. The normalized spacial score (nSPS) is 11.2. The van der Waals surface area contributed by atoms with Gasteiger partial charge in [0.15, 0.2) is 0 Å². The van der Waals surface area contributed by atoms with Crippen LogP contribution >= 0.6 is 15.9 Å². The van der Waals surface area contributed by atoms with E-state index in [9.17, 15) is 0 Å². The molecular weight excluding hydrogens is 278 g/mol. The van der Waals surface area contributed by atoms with Gasteiger partial charge in [-0.2, -0.15) is 0 Å². The summed E-state index contributed by atoms with van der Waals surface area (Å²) in [7, 11) is 0. The van der Waals surface area contributed by atoms with Gasteiger partial charge in [0, 0.05) is 9.86 Å². The van der Waals surface area contributed by atoms with Crippen LogP contribution in [0.15, 0.2) is 22.7 Å². The SMILES string of the molecule is Cc1cc(Br)c2nc(NN)c(C(C)C)cc2c1. The molecule has 0 spiro atoms. The summed E-state index contributed by atoms with van der Waals surface area (Å²) in [6.45, 7) is 6.34. The van der Waals surface area contributed by atoms with E-state index in [0.717, 1.165) is 26.8 Å². The third-order valence-corrected chi connectivity index (χ3v) is 3.41. The molecular formula is C13H16BrN3. The average Bonchev–Trinajstić information content (AvgIpc) is 2.27. The van der Waals surface area contributed by atoms with Gasteiger partial charge in [0.25, 0.3) is 0 Å². The number of fused-ring (bicyclic) bond motifs is 1. The molecule has 0 aliphatic heterocycles. The predicted molar refractivity (Wildman–Crippen MR) is 76.1 cm³/mol. The zero-order chi connectivity index (χ0) is 12.6. The van der Waals surface area contributed by atoms with Crippen LogP contribution in [0.2, 0.25) is 0 Å². The van der Waals surface area contributed by atoms with E-state index in [0.29, 0.717) is 5.92 Å². The van der Waals surface area contributed by atoms with Crippen molar-refractivity contribution < 1.29 is 0 Å². The van der Waals surface area contributed by atoms with Crippen molar-refractivity contribution in [1.82, 2.24) is 4.98 Å². The number of nitrogens with zero attached hydrogens (tertiary/aromatic N) is 1. The Morgan fingerprint density at radius 1 is 1.29 bits per heavy atom. The van der Waals surface area contributed by atoms with Gasteiger partial charge in [0.2, 0.25) is 0 Å². The van der Waals surface area contributed by atoms with Crippen LogP contribution in [0.3, 0.4) is 0 Å². The average molecular weight is 294 g/mol. The molecule has 0 saturated heterocycles. The van der Waals surface area contributed by atoms with Crippen LogP contribution in [-0.4, -0.2) is 4.98 Å². The van der Waals surface area contributed by atoms with Crippen molar-refractivity contribution in [2.24, 2.45) is 5.84 Å². The molecule has 2 aromatic rings. The Labute approximate surface area is 110 Å². The summed E-state index contributed by atoms with van der Waals surface area (Å²) in [6, 6.07) is 6.35. The summed E-state index contributed by atoms with van der Waals surface area (Å²) in [5.74, 6) is 6.67. The lowest BCUT2D eigenvalue weighted by molar-refractivity contribution is 0.862. The second kappa shape index (κ2) is 4.63. The van der Waals surface area contributed by atoms with E-state index in [4.69, 9.17) is 5.84 Å². The molecule has 3 nitrogen and oxygen atoms in total. The van der Waals surface area contributed by atoms with E-state index in [1.807, 2.05) is 0 Å². The first kappa shape index (κ1) is 12.3. The third kappa shape index (κ3) is 2.28. The molecule has 0 atom stereocenters. The number of benzene rings is 1. The molecule has 2 rings (SSSR count). The predicted octanol–water partition coefficient (Wildman–Crippen LogP) is 3.71. The van der Waals surface area contributed by atoms with Gasteiger partial charge in [-0.25, -0.2) is 10.8 Å². The van der Waals surface area contributed by atoms with Crippen molar-refractivity contribution in [2.75, 3.05) is 5.43 Å². The van der Waals surface area contributed by atoms with Crippen LogP contribution in [0.4, 0.5) is 5.82 Å². The van der Waals surface area contributed by atoms with Gasteiger partial charge in [0.1, 0.15) is 5.82 Å². The van der Waals surface area contributed by atoms with Crippen LogP contribution in [0.1, 0.15) is 30.9 Å². The molecule has 0 unspecified atom stereocenters. The number of rotatable bonds is 2. The molecule has 3 N–H and O–H groups in total. The zero-order valence-corrected chi connectivity index (χ0v) is 11.8. The molecule has 0 fully saturated rings. The lowest BCUT2D eigenvalue weighted by Crippen LogP contribution is -2.12. The highest BCUT2D eigenvalue weighted by Gasteiger charge is 2.11. The van der Waals surface area contributed by atoms with Crippen molar-refractivity contribution in [1.29, 1.82) is 0 Å². The van der Waals surface area contributed by atoms with Gasteiger partial charge in [0.05, 0.1) is 5.52 Å². The number of halogens is 1. The lowest BCUT2D eigenvalue weighted by atomic mass is 10.0. The fraction of sp³-hybridized carbons (Fsp3) is 0.308. The van der Waals surface area contributed by atoms with E-state index >= 15 is 0 Å². The Bertz CT molecular complexity index is 564. The Morgan fingerprint density at radius 3 is 2.59 bits per heavy atom. The molecule has 1 heterocycles. The standard InChI is InChI=1S/C13H16BrN3/c1-7(2)10-6-9-4-8(3)5-11(14)12(9)16-13(10)17-15/h4-7H,15H2,1-3H3,(H,16,17). The number of hydrazine groups is 1. The smallest absolute Gasteiger partial charge is 0.144 e. The van der Waals surface area contributed by atoms with E-state index in [-0.39, 0.29) is 0 Å². The summed E-state index contributed by atoms with van der Waals surface area (Å²) in [5, 5.41) is 1.14. The van der Waals surface area contributed by atoms with Gasteiger partial charge in [-0.3, -0.25) is 0 Å². The quantitative estimate of drug-likeness (QED) is 0.655. The van der Waals surface area contributed by atoms with Crippen LogP contribution < -0.4 is 11.3 Å². The van der Waals surface area contributed by atoms with E-state index in [1.54, 1.807) is 0 Å². The monoisotopic (exact) mass is 293 g/mol. The van der Waals surface area contributed by atoms with Crippen LogP contribution in [0.25, 0.3) is 10.9 Å². The summed E-state index contributed by atoms with van der Waals surface area (Å²) in [6.07, 6.45) is 0. The number of aryl methyl sites for hydroxylation is 1. The highest BCUT2D eigenvalue weighted by Crippen LogP contribution is 2.30. The third-order valence-electron chi connectivity index (χ3n) is 2.80. The first-order chi connectivity index (χ1) is 8.02. The number of nitrogens with two attached hydrogens (primary N) is 1. The van der Waals surface area contributed by atoms with Crippen molar-refractivity contribution in [3.8, 4) is 0 Å². The molecule has 17 heavy (non-hydrogen) atoms. The van der Waals surface area contributed by atoms with E-state index < -0.39 is 0 Å². The van der Waals surface area contributed by atoms with Crippen molar-refractivity contribution in [3.05, 3.63) is 33.8 Å². The molecule has 4 heteroatoms. The lowest BCUT2D eigenvalue weighted by Gasteiger charge is -2.13. The molecule has 1 aromatic heterocycles. The first-order valence-corrected chi connectivity index (χ1v) is 6.39. The Balaban J connectivity index is 2.78. The van der Waals surface area contributed by atoms with Gasteiger partial charge in [-0.1, -0.05) is 13.8 Å². The number of nitrogens with one attached hydrogen (secondary N) is 1. The Kier molecular flexibility index (Phi) is 3.35. The molecule has 0 radical (unpaired) electrons. The molecule has 0 aliphatic carbocycles. The highest BCUT2D eigenvalue weighted by atomic mass is 79.9. The zero-order valence-electron chi connectivity index (χ0n) is 10.2. The minimum absolute atomic E-state index is 0.386. The van der Waals surface area contributed by atoms with Gasteiger partial charge < -0.3 is 5.43 Å². The van der Waals surface area contributed by atoms with Crippen LogP contribution in [-0.2, 0) is 0 Å². The summed E-state index contributed by atoms with van der Waals surface area (Å²) < 4.78 is 0.999. The molecule has 0 aliphatic rings. The Morgan fingerprint density at radius 2 is 2.00 bits per heavy atom.